The van der Waals surface area contributed by atoms with Gasteiger partial charge in [-0.25, -0.2) is 4.98 Å². The average Bonchev–Trinajstić information content (AvgIpc) is 2.24. The Morgan fingerprint density at radius 3 is 2.83 bits per heavy atom. The molecule has 0 spiro atoms. The number of aromatic nitrogens is 1. The number of carbonyl (C=O) groups excluding carboxylic acids is 1. The Hall–Kier alpha value is -1.53. The third-order valence-electron chi connectivity index (χ3n) is 2.28. The number of pyridine rings is 1. The first-order chi connectivity index (χ1) is 8.30. The summed E-state index contributed by atoms with van der Waals surface area (Å²) in [6.07, 6.45) is 1.22. The summed E-state index contributed by atoms with van der Waals surface area (Å²) in [7, 11) is 3.66. The van der Waals surface area contributed by atoms with Gasteiger partial charge in [-0.3, -0.25) is 4.79 Å². The molecule has 5 nitrogen and oxygen atoms in total. The van der Waals surface area contributed by atoms with Gasteiger partial charge in [-0.15, -0.1) is 0 Å². The van der Waals surface area contributed by atoms with Crippen LogP contribution in [0.25, 0.3) is 0 Å². The lowest BCUT2D eigenvalue weighted by atomic mass is 10.1. The lowest BCUT2D eigenvalue weighted by molar-refractivity contribution is 0.0326. The first kappa shape index (κ1) is 14.5. The van der Waals surface area contributed by atoms with E-state index in [1.165, 1.54) is 12.3 Å². The third kappa shape index (κ3) is 4.77. The van der Waals surface area contributed by atoms with Gasteiger partial charge in [0, 0.05) is 30.9 Å². The van der Waals surface area contributed by atoms with Crippen molar-refractivity contribution in [1.29, 1.82) is 0 Å². The van der Waals surface area contributed by atoms with Crippen LogP contribution in [0.15, 0.2) is 18.3 Å². The van der Waals surface area contributed by atoms with Gasteiger partial charge in [-0.2, -0.15) is 4.39 Å². The molecule has 1 atom stereocenters. The summed E-state index contributed by atoms with van der Waals surface area (Å²) in [4.78, 5) is 16.9. The van der Waals surface area contributed by atoms with Crippen LogP contribution in [0.1, 0.15) is 17.3 Å². The van der Waals surface area contributed by atoms with Crippen molar-refractivity contribution in [3.05, 3.63) is 29.8 Å². The highest BCUT2D eigenvalue weighted by atomic mass is 19.1. The number of carbonyl (C=O) groups is 1. The molecule has 0 aliphatic rings. The zero-order valence-corrected chi connectivity index (χ0v) is 10.8. The lowest BCUT2D eigenvalue weighted by Gasteiger charge is -2.27. The Kier molecular flexibility index (Phi) is 4.75. The molecule has 1 rings (SSSR count). The van der Waals surface area contributed by atoms with E-state index in [2.05, 4.69) is 10.3 Å². The summed E-state index contributed by atoms with van der Waals surface area (Å²) in [5, 5.41) is 12.6. The highest BCUT2D eigenvalue weighted by Gasteiger charge is 2.22. The summed E-state index contributed by atoms with van der Waals surface area (Å²) >= 11 is 0. The number of rotatable bonds is 5. The maximum Gasteiger partial charge on any atom is 0.251 e. The molecule has 0 radical (unpaired) electrons. The van der Waals surface area contributed by atoms with Crippen molar-refractivity contribution < 1.29 is 14.3 Å². The van der Waals surface area contributed by atoms with Crippen LogP contribution in [0.4, 0.5) is 4.39 Å². The van der Waals surface area contributed by atoms with Crippen molar-refractivity contribution in [2.24, 2.45) is 0 Å². The summed E-state index contributed by atoms with van der Waals surface area (Å²) in [5.74, 6) is -1.14. The van der Waals surface area contributed by atoms with Crippen LogP contribution in [0, 0.1) is 5.95 Å². The quantitative estimate of drug-likeness (QED) is 0.741. The summed E-state index contributed by atoms with van der Waals surface area (Å²) in [5.41, 5.74) is -0.853. The van der Waals surface area contributed by atoms with Gasteiger partial charge in [-0.1, -0.05) is 0 Å². The summed E-state index contributed by atoms with van der Waals surface area (Å²) < 4.78 is 12.8. The fourth-order valence-corrected chi connectivity index (χ4v) is 1.65. The van der Waals surface area contributed by atoms with Gasteiger partial charge in [0.2, 0.25) is 5.95 Å². The minimum Gasteiger partial charge on any atom is -0.387 e. The molecule has 1 aromatic heterocycles. The van der Waals surface area contributed by atoms with E-state index < -0.39 is 17.5 Å². The van der Waals surface area contributed by atoms with E-state index in [1.807, 2.05) is 19.0 Å². The third-order valence-corrected chi connectivity index (χ3v) is 2.28. The van der Waals surface area contributed by atoms with Gasteiger partial charge in [-0.05, 0) is 27.1 Å². The molecule has 0 aromatic carbocycles. The summed E-state index contributed by atoms with van der Waals surface area (Å²) in [6, 6.07) is 2.47. The first-order valence-electron chi connectivity index (χ1n) is 5.57. The number of aliphatic hydroxyl groups is 1. The number of likely N-dealkylation sites (N-methyl/N-ethyl adjacent to an activating group) is 1. The molecular weight excluding hydrogens is 237 g/mol. The van der Waals surface area contributed by atoms with E-state index in [0.717, 1.165) is 6.07 Å². The Bertz CT molecular complexity index is 422. The highest BCUT2D eigenvalue weighted by molar-refractivity contribution is 5.94. The maximum absolute atomic E-state index is 12.8. The van der Waals surface area contributed by atoms with Crippen LogP contribution < -0.4 is 5.32 Å². The lowest BCUT2D eigenvalue weighted by Crippen LogP contribution is -2.47. The standard InChI is InChI=1S/C12H18FN3O2/c1-12(18,8-16(2)3)7-15-11(17)9-4-5-14-10(13)6-9/h4-6,18H,7-8H2,1-3H3,(H,15,17). The number of nitrogens with zero attached hydrogens (tertiary/aromatic N) is 2. The van der Waals surface area contributed by atoms with Crippen LogP contribution in [-0.4, -0.2) is 53.7 Å². The van der Waals surface area contributed by atoms with E-state index in [4.69, 9.17) is 0 Å². The summed E-state index contributed by atoms with van der Waals surface area (Å²) in [6.45, 7) is 2.13. The Morgan fingerprint density at radius 2 is 2.28 bits per heavy atom. The van der Waals surface area contributed by atoms with Crippen molar-refractivity contribution in [3.8, 4) is 0 Å². The van der Waals surface area contributed by atoms with Crippen LogP contribution in [0.5, 0.6) is 0 Å². The molecule has 6 heteroatoms. The number of halogens is 1. The second-order valence-electron chi connectivity index (χ2n) is 4.78. The molecule has 1 aromatic rings. The Labute approximate surface area is 106 Å². The van der Waals surface area contributed by atoms with Gasteiger partial charge in [0.05, 0.1) is 5.60 Å². The molecule has 1 unspecified atom stereocenters. The molecule has 0 saturated heterocycles. The number of nitrogens with one attached hydrogen (secondary N) is 1. The van der Waals surface area contributed by atoms with Crippen molar-refractivity contribution >= 4 is 5.91 Å². The van der Waals surface area contributed by atoms with E-state index in [1.54, 1.807) is 6.92 Å². The number of hydrogen-bond acceptors (Lipinski definition) is 4. The van der Waals surface area contributed by atoms with Crippen molar-refractivity contribution in [2.45, 2.75) is 12.5 Å². The number of hydrogen-bond donors (Lipinski definition) is 2. The second kappa shape index (κ2) is 5.88. The van der Waals surface area contributed by atoms with E-state index in [0.29, 0.717) is 6.54 Å². The van der Waals surface area contributed by atoms with E-state index in [9.17, 15) is 14.3 Å². The van der Waals surface area contributed by atoms with Gasteiger partial charge in [0.1, 0.15) is 0 Å². The molecule has 18 heavy (non-hydrogen) atoms. The van der Waals surface area contributed by atoms with E-state index in [-0.39, 0.29) is 12.1 Å². The van der Waals surface area contributed by atoms with Crippen LogP contribution in [0.3, 0.4) is 0 Å². The molecule has 1 heterocycles. The highest BCUT2D eigenvalue weighted by Crippen LogP contribution is 2.04. The predicted molar refractivity (Wildman–Crippen MR) is 65.7 cm³/mol. The second-order valence-corrected chi connectivity index (χ2v) is 4.78. The van der Waals surface area contributed by atoms with Gasteiger partial charge in [0.25, 0.3) is 5.91 Å². The first-order valence-corrected chi connectivity index (χ1v) is 5.57. The van der Waals surface area contributed by atoms with E-state index >= 15 is 0 Å². The normalized spacial score (nSPS) is 14.3. The van der Waals surface area contributed by atoms with Gasteiger partial charge >= 0.3 is 0 Å². The fraction of sp³-hybridized carbons (Fsp3) is 0.500. The smallest absolute Gasteiger partial charge is 0.251 e. The maximum atomic E-state index is 12.8. The van der Waals surface area contributed by atoms with Crippen LogP contribution in [-0.2, 0) is 0 Å². The van der Waals surface area contributed by atoms with Crippen molar-refractivity contribution in [2.75, 3.05) is 27.2 Å². The molecule has 0 aliphatic heterocycles. The molecule has 0 aliphatic carbocycles. The largest absolute Gasteiger partial charge is 0.387 e. The SMILES string of the molecule is CN(C)CC(C)(O)CNC(=O)c1ccnc(F)c1. The molecule has 2 N–H and O–H groups in total. The topological polar surface area (TPSA) is 65.5 Å². The number of amides is 1. The minimum atomic E-state index is -1.04. The van der Waals surface area contributed by atoms with Crippen molar-refractivity contribution in [1.82, 2.24) is 15.2 Å². The monoisotopic (exact) mass is 255 g/mol. The van der Waals surface area contributed by atoms with Crippen LogP contribution in [0.2, 0.25) is 0 Å². The predicted octanol–water partition coefficient (Wildman–Crippen LogP) is 0.263. The Balaban J connectivity index is 2.56. The zero-order valence-electron chi connectivity index (χ0n) is 10.8. The molecule has 0 fully saturated rings. The molecular formula is C12H18FN3O2. The fourth-order valence-electron chi connectivity index (χ4n) is 1.65. The molecule has 0 bridgehead atoms. The van der Waals surface area contributed by atoms with Gasteiger partial charge < -0.3 is 15.3 Å². The average molecular weight is 255 g/mol. The van der Waals surface area contributed by atoms with Gasteiger partial charge in [0.15, 0.2) is 0 Å². The molecule has 1 amide bonds. The molecule has 0 saturated carbocycles. The molecule has 100 valence electrons. The minimum absolute atomic E-state index is 0.0912. The van der Waals surface area contributed by atoms with Crippen LogP contribution >= 0.6 is 0 Å². The van der Waals surface area contributed by atoms with Crippen molar-refractivity contribution in [3.63, 3.8) is 0 Å². The zero-order chi connectivity index (χ0) is 13.8. The Morgan fingerprint density at radius 1 is 1.61 bits per heavy atom.